The van der Waals surface area contributed by atoms with Gasteiger partial charge >= 0.3 is 5.97 Å². The zero-order valence-electron chi connectivity index (χ0n) is 12.7. The molecular formula is C15H25N3O2. The molecule has 0 aliphatic heterocycles. The lowest BCUT2D eigenvalue weighted by Gasteiger charge is -2.17. The first-order valence-corrected chi connectivity index (χ1v) is 7.30. The molecule has 5 nitrogen and oxygen atoms in total. The van der Waals surface area contributed by atoms with Crippen molar-refractivity contribution in [2.75, 3.05) is 38.1 Å². The Morgan fingerprint density at radius 2 is 2.05 bits per heavy atom. The summed E-state index contributed by atoms with van der Waals surface area (Å²) < 4.78 is 4.91. The molecule has 1 aromatic rings. The molecule has 1 heterocycles. The van der Waals surface area contributed by atoms with Crippen LogP contribution in [-0.4, -0.2) is 48.6 Å². The summed E-state index contributed by atoms with van der Waals surface area (Å²) in [4.78, 5) is 18.1. The van der Waals surface area contributed by atoms with E-state index in [1.165, 1.54) is 0 Å². The van der Waals surface area contributed by atoms with Crippen molar-refractivity contribution in [1.82, 2.24) is 9.88 Å². The molecule has 0 atom stereocenters. The minimum Gasteiger partial charge on any atom is -0.462 e. The minimum absolute atomic E-state index is 0.326. The standard InChI is InChI=1S/C15H25N3O2/c1-4-18(5-2)11-7-10-16-14-9-8-13(12-17-14)15(19)20-6-3/h8-9,12H,4-7,10-11H2,1-3H3,(H,16,17). The molecule has 0 fully saturated rings. The van der Waals surface area contributed by atoms with Crippen molar-refractivity contribution in [2.24, 2.45) is 0 Å². The third-order valence-corrected chi connectivity index (χ3v) is 3.13. The average Bonchev–Trinajstić information content (AvgIpc) is 2.48. The maximum absolute atomic E-state index is 11.5. The summed E-state index contributed by atoms with van der Waals surface area (Å²) in [7, 11) is 0. The van der Waals surface area contributed by atoms with Gasteiger partial charge in [0, 0.05) is 12.7 Å². The van der Waals surface area contributed by atoms with Crippen LogP contribution in [0.2, 0.25) is 0 Å². The van der Waals surface area contributed by atoms with E-state index in [-0.39, 0.29) is 5.97 Å². The highest BCUT2D eigenvalue weighted by Gasteiger charge is 2.06. The SMILES string of the molecule is CCOC(=O)c1ccc(NCCCN(CC)CC)nc1. The summed E-state index contributed by atoms with van der Waals surface area (Å²) in [6.07, 6.45) is 2.62. The lowest BCUT2D eigenvalue weighted by Crippen LogP contribution is -2.25. The second kappa shape index (κ2) is 9.31. The first kappa shape index (κ1) is 16.4. The van der Waals surface area contributed by atoms with Crippen LogP contribution in [0.4, 0.5) is 5.82 Å². The Balaban J connectivity index is 2.33. The summed E-state index contributed by atoms with van der Waals surface area (Å²) in [6.45, 7) is 10.6. The third kappa shape index (κ3) is 5.57. The van der Waals surface area contributed by atoms with Crippen LogP contribution in [0.3, 0.4) is 0 Å². The van der Waals surface area contributed by atoms with Crippen molar-refractivity contribution in [3.63, 3.8) is 0 Å². The number of nitrogens with one attached hydrogen (secondary N) is 1. The van der Waals surface area contributed by atoms with Gasteiger partial charge in [0.1, 0.15) is 5.82 Å². The molecule has 20 heavy (non-hydrogen) atoms. The Morgan fingerprint density at radius 1 is 1.30 bits per heavy atom. The smallest absolute Gasteiger partial charge is 0.339 e. The van der Waals surface area contributed by atoms with Crippen molar-refractivity contribution in [1.29, 1.82) is 0 Å². The first-order valence-electron chi connectivity index (χ1n) is 7.30. The normalized spacial score (nSPS) is 10.6. The van der Waals surface area contributed by atoms with Gasteiger partial charge in [0.2, 0.25) is 0 Å². The molecule has 0 radical (unpaired) electrons. The molecule has 0 unspecified atom stereocenters. The summed E-state index contributed by atoms with van der Waals surface area (Å²) in [5, 5.41) is 3.26. The van der Waals surface area contributed by atoms with Gasteiger partial charge in [-0.05, 0) is 45.1 Å². The summed E-state index contributed by atoms with van der Waals surface area (Å²) >= 11 is 0. The number of rotatable bonds is 9. The van der Waals surface area contributed by atoms with Gasteiger partial charge in [0.15, 0.2) is 0 Å². The molecule has 0 bridgehead atoms. The predicted octanol–water partition coefficient (Wildman–Crippen LogP) is 2.40. The molecule has 0 amide bonds. The van der Waals surface area contributed by atoms with Crippen molar-refractivity contribution < 1.29 is 9.53 Å². The fourth-order valence-corrected chi connectivity index (χ4v) is 1.89. The monoisotopic (exact) mass is 279 g/mol. The molecule has 112 valence electrons. The Labute approximate surface area is 121 Å². The van der Waals surface area contributed by atoms with E-state index in [2.05, 4.69) is 29.0 Å². The number of carbonyl (C=O) groups excluding carboxylic acids is 1. The molecule has 0 saturated carbocycles. The van der Waals surface area contributed by atoms with E-state index >= 15 is 0 Å². The molecule has 5 heteroatoms. The number of carbonyl (C=O) groups is 1. The van der Waals surface area contributed by atoms with Crippen molar-refractivity contribution in [2.45, 2.75) is 27.2 Å². The molecule has 0 aliphatic rings. The van der Waals surface area contributed by atoms with Crippen LogP contribution in [0, 0.1) is 0 Å². The van der Waals surface area contributed by atoms with Crippen LogP contribution >= 0.6 is 0 Å². The fraction of sp³-hybridized carbons (Fsp3) is 0.600. The fourth-order valence-electron chi connectivity index (χ4n) is 1.89. The number of pyridine rings is 1. The van der Waals surface area contributed by atoms with Crippen molar-refractivity contribution >= 4 is 11.8 Å². The molecular weight excluding hydrogens is 254 g/mol. The number of hydrogen-bond acceptors (Lipinski definition) is 5. The maximum atomic E-state index is 11.5. The highest BCUT2D eigenvalue weighted by atomic mass is 16.5. The van der Waals surface area contributed by atoms with Gasteiger partial charge in [-0.15, -0.1) is 0 Å². The molecule has 0 aromatic carbocycles. The molecule has 0 spiro atoms. The second-order valence-electron chi connectivity index (χ2n) is 4.46. The highest BCUT2D eigenvalue weighted by molar-refractivity contribution is 5.89. The summed E-state index contributed by atoms with van der Waals surface area (Å²) in [6, 6.07) is 3.54. The zero-order valence-corrected chi connectivity index (χ0v) is 12.7. The van der Waals surface area contributed by atoms with E-state index < -0.39 is 0 Å². The van der Waals surface area contributed by atoms with Crippen LogP contribution in [0.1, 0.15) is 37.6 Å². The Hall–Kier alpha value is -1.62. The van der Waals surface area contributed by atoms with E-state index in [4.69, 9.17) is 4.74 Å². The molecule has 1 N–H and O–H groups in total. The van der Waals surface area contributed by atoms with Gasteiger partial charge in [-0.3, -0.25) is 0 Å². The van der Waals surface area contributed by atoms with E-state index in [1.807, 2.05) is 6.07 Å². The largest absolute Gasteiger partial charge is 0.462 e. The average molecular weight is 279 g/mol. The van der Waals surface area contributed by atoms with E-state index in [9.17, 15) is 4.79 Å². The maximum Gasteiger partial charge on any atom is 0.339 e. The number of esters is 1. The van der Waals surface area contributed by atoms with Gasteiger partial charge < -0.3 is 15.0 Å². The third-order valence-electron chi connectivity index (χ3n) is 3.13. The quantitative estimate of drug-likeness (QED) is 0.555. The number of ether oxygens (including phenoxy) is 1. The van der Waals surface area contributed by atoms with Crippen molar-refractivity contribution in [3.05, 3.63) is 23.9 Å². The molecule has 0 saturated heterocycles. The van der Waals surface area contributed by atoms with Gasteiger partial charge in [-0.25, -0.2) is 9.78 Å². The predicted molar refractivity (Wildman–Crippen MR) is 81.1 cm³/mol. The molecule has 1 rings (SSSR count). The summed E-state index contributed by atoms with van der Waals surface area (Å²) in [5.74, 6) is 0.464. The Morgan fingerprint density at radius 3 is 2.60 bits per heavy atom. The van der Waals surface area contributed by atoms with Gasteiger partial charge in [-0.2, -0.15) is 0 Å². The number of aromatic nitrogens is 1. The van der Waals surface area contributed by atoms with Gasteiger partial charge in [-0.1, -0.05) is 13.8 Å². The van der Waals surface area contributed by atoms with Crippen LogP contribution in [0.25, 0.3) is 0 Å². The van der Waals surface area contributed by atoms with E-state index in [1.54, 1.807) is 19.2 Å². The topological polar surface area (TPSA) is 54.5 Å². The van der Waals surface area contributed by atoms with E-state index in [0.717, 1.165) is 38.4 Å². The lowest BCUT2D eigenvalue weighted by atomic mass is 10.3. The number of anilines is 1. The van der Waals surface area contributed by atoms with Crippen LogP contribution < -0.4 is 5.32 Å². The van der Waals surface area contributed by atoms with Crippen LogP contribution in [0.5, 0.6) is 0 Å². The van der Waals surface area contributed by atoms with Crippen LogP contribution in [0.15, 0.2) is 18.3 Å². The molecule has 1 aromatic heterocycles. The second-order valence-corrected chi connectivity index (χ2v) is 4.46. The molecule has 0 aliphatic carbocycles. The van der Waals surface area contributed by atoms with Gasteiger partial charge in [0.25, 0.3) is 0 Å². The number of hydrogen-bond donors (Lipinski definition) is 1. The van der Waals surface area contributed by atoms with Crippen molar-refractivity contribution in [3.8, 4) is 0 Å². The zero-order chi connectivity index (χ0) is 14.8. The lowest BCUT2D eigenvalue weighted by molar-refractivity contribution is 0.0526. The Kier molecular flexibility index (Phi) is 7.65. The van der Waals surface area contributed by atoms with Crippen LogP contribution in [-0.2, 0) is 4.74 Å². The summed E-state index contributed by atoms with van der Waals surface area (Å²) in [5.41, 5.74) is 0.487. The number of nitrogens with zero attached hydrogens (tertiary/aromatic N) is 2. The van der Waals surface area contributed by atoms with Gasteiger partial charge in [0.05, 0.1) is 12.2 Å². The Bertz CT molecular complexity index is 389. The van der Waals surface area contributed by atoms with E-state index in [0.29, 0.717) is 12.2 Å². The first-order chi connectivity index (χ1) is 9.71. The minimum atomic E-state index is -0.326. The highest BCUT2D eigenvalue weighted by Crippen LogP contribution is 2.06.